The Kier molecular flexibility index (Phi) is 4.00. The maximum atomic E-state index is 12.3. The fraction of sp³-hybridized carbons (Fsp3) is 0.0833. The quantitative estimate of drug-likeness (QED) is 0.507. The number of nitrogens with zero attached hydrogens (tertiary/aromatic N) is 3. The number of non-ortho nitro benzene ring substituents is 1. The van der Waals surface area contributed by atoms with E-state index in [2.05, 4.69) is 4.40 Å². The van der Waals surface area contributed by atoms with Gasteiger partial charge < -0.3 is 4.57 Å². The molecule has 3 rings (SSSR count). The van der Waals surface area contributed by atoms with Crippen LogP contribution in [-0.4, -0.2) is 17.9 Å². The largest absolute Gasteiger partial charge is 0.319 e. The Morgan fingerprint density at radius 1 is 1.26 bits per heavy atom. The van der Waals surface area contributed by atoms with Crippen molar-refractivity contribution < 1.29 is 13.3 Å². The van der Waals surface area contributed by atoms with Gasteiger partial charge in [0, 0.05) is 19.2 Å². The highest BCUT2D eigenvalue weighted by Crippen LogP contribution is 2.27. The first kappa shape index (κ1) is 16.1. The van der Waals surface area contributed by atoms with E-state index in [0.717, 1.165) is 22.7 Å². The Hall–Kier alpha value is -1.75. The molecule has 0 atom stereocenters. The molecule has 2 heterocycles. The number of hydrogen-bond donors (Lipinski definition) is 0. The number of thiophene rings is 1. The Labute approximate surface area is 143 Å². The van der Waals surface area contributed by atoms with E-state index in [1.54, 1.807) is 17.7 Å². The van der Waals surface area contributed by atoms with E-state index >= 15 is 0 Å². The molecule has 23 heavy (non-hydrogen) atoms. The summed E-state index contributed by atoms with van der Waals surface area (Å²) in [5.74, 6) is 0. The molecule has 1 aromatic carbocycles. The maximum Gasteiger partial charge on any atom is 0.294 e. The van der Waals surface area contributed by atoms with Crippen LogP contribution in [0.1, 0.15) is 0 Å². The molecule has 7 nitrogen and oxygen atoms in total. The van der Waals surface area contributed by atoms with E-state index in [0.29, 0.717) is 14.6 Å². The monoisotopic (exact) mass is 389 g/mol. The Balaban J connectivity index is 2.20. The molecule has 0 bridgehead atoms. The van der Waals surface area contributed by atoms with Crippen LogP contribution in [0.25, 0.3) is 10.2 Å². The Morgan fingerprint density at radius 2 is 2.00 bits per heavy atom. The van der Waals surface area contributed by atoms with Crippen molar-refractivity contribution in [3.05, 3.63) is 49.6 Å². The molecule has 0 spiro atoms. The van der Waals surface area contributed by atoms with Crippen LogP contribution in [0, 0.1) is 10.1 Å². The van der Waals surface area contributed by atoms with Gasteiger partial charge in [-0.1, -0.05) is 22.9 Å². The van der Waals surface area contributed by atoms with Crippen molar-refractivity contribution in [2.45, 2.75) is 4.21 Å². The molecule has 0 N–H and O–H groups in total. The zero-order chi connectivity index (χ0) is 16.8. The number of aryl methyl sites for hydroxylation is 1. The molecule has 0 fully saturated rings. The van der Waals surface area contributed by atoms with Crippen molar-refractivity contribution in [3.8, 4) is 0 Å². The highest BCUT2D eigenvalue weighted by Gasteiger charge is 2.17. The SMILES string of the molecule is Cn1/c(=N/S(=O)(=O)c2ccc(Cl)s2)sc2cc([N+](=O)[O-])ccc21. The van der Waals surface area contributed by atoms with Crippen molar-refractivity contribution in [1.29, 1.82) is 0 Å². The lowest BCUT2D eigenvalue weighted by atomic mass is 10.3. The van der Waals surface area contributed by atoms with Crippen LogP contribution in [0.3, 0.4) is 0 Å². The predicted octanol–water partition coefficient (Wildman–Crippen LogP) is 3.15. The molecule has 120 valence electrons. The highest BCUT2D eigenvalue weighted by molar-refractivity contribution is 7.92. The summed E-state index contributed by atoms with van der Waals surface area (Å²) in [7, 11) is -2.22. The minimum Gasteiger partial charge on any atom is -0.319 e. The van der Waals surface area contributed by atoms with Crippen LogP contribution >= 0.6 is 34.3 Å². The molecule has 11 heteroatoms. The molecule has 0 aliphatic rings. The predicted molar refractivity (Wildman–Crippen MR) is 89.5 cm³/mol. The summed E-state index contributed by atoms with van der Waals surface area (Å²) in [5.41, 5.74) is 0.609. The summed E-state index contributed by atoms with van der Waals surface area (Å²) in [6, 6.07) is 7.21. The Morgan fingerprint density at radius 3 is 2.61 bits per heavy atom. The van der Waals surface area contributed by atoms with Crippen molar-refractivity contribution >= 4 is 60.2 Å². The van der Waals surface area contributed by atoms with E-state index in [9.17, 15) is 18.5 Å². The number of sulfonamides is 1. The summed E-state index contributed by atoms with van der Waals surface area (Å²) in [5, 5.41) is 10.8. The van der Waals surface area contributed by atoms with E-state index in [-0.39, 0.29) is 14.7 Å². The van der Waals surface area contributed by atoms with Crippen molar-refractivity contribution in [3.63, 3.8) is 0 Å². The van der Waals surface area contributed by atoms with Gasteiger partial charge in [-0.15, -0.1) is 15.7 Å². The molecule has 2 aromatic heterocycles. The highest BCUT2D eigenvalue weighted by atomic mass is 35.5. The third-order valence-corrected chi connectivity index (χ3v) is 7.18. The van der Waals surface area contributed by atoms with Crippen LogP contribution in [0.2, 0.25) is 4.34 Å². The summed E-state index contributed by atoms with van der Waals surface area (Å²) in [6.45, 7) is 0. The van der Waals surface area contributed by atoms with Gasteiger partial charge in [-0.2, -0.15) is 8.42 Å². The second kappa shape index (κ2) is 5.71. The van der Waals surface area contributed by atoms with Crippen LogP contribution in [0.15, 0.2) is 38.9 Å². The lowest BCUT2D eigenvalue weighted by molar-refractivity contribution is -0.384. The number of aromatic nitrogens is 1. The number of fused-ring (bicyclic) bond motifs is 1. The first-order valence-corrected chi connectivity index (χ1v) is 9.53. The van der Waals surface area contributed by atoms with Crippen LogP contribution in [-0.2, 0) is 17.1 Å². The third kappa shape index (κ3) is 3.02. The number of benzene rings is 1. The average molecular weight is 390 g/mol. The minimum atomic E-state index is -3.87. The van der Waals surface area contributed by atoms with Gasteiger partial charge >= 0.3 is 0 Å². The number of nitro groups is 1. The maximum absolute atomic E-state index is 12.3. The zero-order valence-corrected chi connectivity index (χ0v) is 14.7. The van der Waals surface area contributed by atoms with Gasteiger partial charge in [0.1, 0.15) is 4.21 Å². The first-order valence-electron chi connectivity index (χ1n) is 6.08. The normalized spacial score (nSPS) is 12.9. The second-order valence-electron chi connectivity index (χ2n) is 4.48. The van der Waals surface area contributed by atoms with Gasteiger partial charge in [0.15, 0.2) is 0 Å². The van der Waals surface area contributed by atoms with E-state index < -0.39 is 14.9 Å². The Bertz CT molecular complexity index is 1090. The molecule has 0 saturated carbocycles. The topological polar surface area (TPSA) is 94.6 Å². The molecule has 0 unspecified atom stereocenters. The lowest BCUT2D eigenvalue weighted by Crippen LogP contribution is -2.13. The average Bonchev–Trinajstić information content (AvgIpc) is 3.04. The van der Waals surface area contributed by atoms with Crippen LogP contribution in [0.5, 0.6) is 0 Å². The summed E-state index contributed by atoms with van der Waals surface area (Å²) in [6.07, 6.45) is 0. The van der Waals surface area contributed by atoms with Gasteiger partial charge in [-0.05, 0) is 18.2 Å². The van der Waals surface area contributed by atoms with E-state index in [1.807, 2.05) is 0 Å². The van der Waals surface area contributed by atoms with Crippen LogP contribution in [0.4, 0.5) is 5.69 Å². The molecule has 0 radical (unpaired) electrons. The first-order chi connectivity index (χ1) is 10.8. The number of thiazole rings is 1. The summed E-state index contributed by atoms with van der Waals surface area (Å²) in [4.78, 5) is 10.6. The second-order valence-corrected chi connectivity index (χ2v) is 9.03. The molecule has 0 amide bonds. The zero-order valence-electron chi connectivity index (χ0n) is 11.5. The molecule has 3 aromatic rings. The minimum absolute atomic E-state index is 0.0472. The van der Waals surface area contributed by atoms with Gasteiger partial charge in [-0.3, -0.25) is 10.1 Å². The fourth-order valence-electron chi connectivity index (χ4n) is 1.91. The van der Waals surface area contributed by atoms with Crippen molar-refractivity contribution in [2.24, 2.45) is 11.4 Å². The smallest absolute Gasteiger partial charge is 0.294 e. The van der Waals surface area contributed by atoms with E-state index in [4.69, 9.17) is 11.6 Å². The van der Waals surface area contributed by atoms with E-state index in [1.165, 1.54) is 24.3 Å². The number of nitro benzene ring substituents is 1. The van der Waals surface area contributed by atoms with Crippen molar-refractivity contribution in [2.75, 3.05) is 0 Å². The standard InChI is InChI=1S/C12H8ClN3O4S3/c1-15-8-3-2-7(16(17)18)6-9(8)21-12(15)14-23(19,20)11-5-4-10(13)22-11/h2-6H,1H3/b14-12-. The van der Waals surface area contributed by atoms with Gasteiger partial charge in [0.25, 0.3) is 15.7 Å². The van der Waals surface area contributed by atoms with Crippen molar-refractivity contribution in [1.82, 2.24) is 4.57 Å². The van der Waals surface area contributed by atoms with Gasteiger partial charge in [0.05, 0.1) is 19.5 Å². The molecule has 0 aliphatic heterocycles. The number of halogens is 1. The van der Waals surface area contributed by atoms with Gasteiger partial charge in [-0.25, -0.2) is 0 Å². The molecular weight excluding hydrogens is 382 g/mol. The molecular formula is C12H8ClN3O4S3. The van der Waals surface area contributed by atoms with Gasteiger partial charge in [0.2, 0.25) is 4.80 Å². The summed E-state index contributed by atoms with van der Waals surface area (Å²) < 4.78 is 31.0. The third-order valence-electron chi connectivity index (χ3n) is 3.00. The number of rotatable bonds is 3. The molecule has 0 aliphatic carbocycles. The molecule has 0 saturated heterocycles. The fourth-order valence-corrected chi connectivity index (χ4v) is 5.65. The number of hydrogen-bond acceptors (Lipinski definition) is 6. The van der Waals surface area contributed by atoms with Crippen LogP contribution < -0.4 is 4.80 Å². The summed E-state index contributed by atoms with van der Waals surface area (Å²) >= 11 is 7.75. The lowest BCUT2D eigenvalue weighted by Gasteiger charge is -1.96.